The lowest BCUT2D eigenvalue weighted by Crippen LogP contribution is -2.43. The van der Waals surface area contributed by atoms with E-state index >= 15 is 0 Å². The Hall–Kier alpha value is -1.63. The fourth-order valence-electron chi connectivity index (χ4n) is 3.76. The van der Waals surface area contributed by atoms with Gasteiger partial charge in [0, 0.05) is 19.1 Å². The molecule has 1 saturated carbocycles. The molecule has 1 aromatic rings. The Morgan fingerprint density at radius 3 is 2.42 bits per heavy atom. The van der Waals surface area contributed by atoms with Crippen molar-refractivity contribution in [3.8, 4) is 0 Å². The Balaban J connectivity index is 1.69. The molecule has 1 aliphatic heterocycles. The van der Waals surface area contributed by atoms with Crippen LogP contribution in [0.4, 0.5) is 11.9 Å². The molecule has 2 N–H and O–H groups in total. The number of piperidine rings is 1. The molecule has 0 radical (unpaired) electrons. The second-order valence-electron chi connectivity index (χ2n) is 7.28. The zero-order valence-corrected chi connectivity index (χ0v) is 14.9. The number of nitrogens with one attached hydrogen (secondary N) is 2. The molecular formula is C17H30N6O. The number of aromatic amines is 1. The first-order chi connectivity index (χ1) is 11.6. The maximum absolute atomic E-state index is 12.0. The smallest absolute Gasteiger partial charge is 0.350 e. The molecule has 0 unspecified atom stereocenters. The summed E-state index contributed by atoms with van der Waals surface area (Å²) in [4.78, 5) is 27.8. The average molecular weight is 334 g/mol. The zero-order valence-electron chi connectivity index (χ0n) is 14.9. The second kappa shape index (κ2) is 7.96. The minimum Gasteiger partial charge on any atom is -0.353 e. The predicted octanol–water partition coefficient (Wildman–Crippen LogP) is 1.83. The van der Waals surface area contributed by atoms with Gasteiger partial charge in [-0.1, -0.05) is 25.7 Å². The Kier molecular flexibility index (Phi) is 5.71. The Labute approximate surface area is 143 Å². The molecule has 0 bridgehead atoms. The van der Waals surface area contributed by atoms with Crippen molar-refractivity contribution in [2.75, 3.05) is 37.4 Å². The maximum Gasteiger partial charge on any atom is 0.350 e. The number of anilines is 2. The summed E-state index contributed by atoms with van der Waals surface area (Å²) in [5.74, 6) is 1.10. The number of aromatic nitrogens is 3. The molecule has 134 valence electrons. The molecule has 1 aliphatic carbocycles. The molecule has 0 spiro atoms. The third-order valence-electron chi connectivity index (χ3n) is 5.39. The van der Waals surface area contributed by atoms with Crippen LogP contribution in [0.15, 0.2) is 4.79 Å². The summed E-state index contributed by atoms with van der Waals surface area (Å²) in [6.07, 6.45) is 9.55. The lowest BCUT2D eigenvalue weighted by Gasteiger charge is -2.35. The van der Waals surface area contributed by atoms with Gasteiger partial charge >= 0.3 is 5.69 Å². The van der Waals surface area contributed by atoms with Crippen molar-refractivity contribution < 1.29 is 0 Å². The summed E-state index contributed by atoms with van der Waals surface area (Å²) >= 11 is 0. The van der Waals surface area contributed by atoms with E-state index in [-0.39, 0.29) is 5.69 Å². The van der Waals surface area contributed by atoms with Crippen LogP contribution in [0.5, 0.6) is 0 Å². The summed E-state index contributed by atoms with van der Waals surface area (Å²) in [5.41, 5.74) is -0.323. The van der Waals surface area contributed by atoms with Crippen LogP contribution in [0.2, 0.25) is 0 Å². The highest BCUT2D eigenvalue weighted by Gasteiger charge is 2.23. The van der Waals surface area contributed by atoms with E-state index in [9.17, 15) is 4.79 Å². The highest BCUT2D eigenvalue weighted by Crippen LogP contribution is 2.21. The summed E-state index contributed by atoms with van der Waals surface area (Å²) < 4.78 is 0. The van der Waals surface area contributed by atoms with E-state index in [1.165, 1.54) is 25.7 Å². The average Bonchev–Trinajstić information content (AvgIpc) is 2.83. The molecule has 0 atom stereocenters. The van der Waals surface area contributed by atoms with Crippen LogP contribution in [0.1, 0.15) is 51.4 Å². The molecule has 2 heterocycles. The van der Waals surface area contributed by atoms with E-state index in [4.69, 9.17) is 0 Å². The topological polar surface area (TPSA) is 77.1 Å². The van der Waals surface area contributed by atoms with Crippen LogP contribution >= 0.6 is 0 Å². The number of nitrogens with zero attached hydrogens (tertiary/aromatic N) is 4. The molecule has 0 aromatic carbocycles. The van der Waals surface area contributed by atoms with E-state index in [2.05, 4.69) is 37.1 Å². The van der Waals surface area contributed by atoms with Crippen LogP contribution in [0.3, 0.4) is 0 Å². The van der Waals surface area contributed by atoms with Gasteiger partial charge in [0.05, 0.1) is 0 Å². The molecule has 2 aliphatic rings. The maximum atomic E-state index is 12.0. The first-order valence-corrected chi connectivity index (χ1v) is 9.28. The lowest BCUT2D eigenvalue weighted by molar-refractivity contribution is 0.252. The molecule has 2 fully saturated rings. The second-order valence-corrected chi connectivity index (χ2v) is 7.28. The highest BCUT2D eigenvalue weighted by molar-refractivity contribution is 5.36. The van der Waals surface area contributed by atoms with Crippen LogP contribution in [-0.4, -0.2) is 59.1 Å². The van der Waals surface area contributed by atoms with Crippen LogP contribution in [-0.2, 0) is 0 Å². The minimum absolute atomic E-state index is 0.323. The Bertz CT molecular complexity index is 573. The van der Waals surface area contributed by atoms with Crippen molar-refractivity contribution in [1.29, 1.82) is 0 Å². The minimum atomic E-state index is -0.323. The van der Waals surface area contributed by atoms with E-state index in [0.29, 0.717) is 24.0 Å². The number of hydrogen-bond acceptors (Lipinski definition) is 6. The number of rotatable bonds is 4. The third-order valence-corrected chi connectivity index (χ3v) is 5.39. The fourth-order valence-corrected chi connectivity index (χ4v) is 3.76. The largest absolute Gasteiger partial charge is 0.353 e. The monoisotopic (exact) mass is 334 g/mol. The molecular weight excluding hydrogens is 304 g/mol. The molecule has 7 nitrogen and oxygen atoms in total. The summed E-state index contributed by atoms with van der Waals surface area (Å²) in [6.45, 7) is 2.15. The molecule has 1 saturated heterocycles. The van der Waals surface area contributed by atoms with Crippen molar-refractivity contribution in [3.63, 3.8) is 0 Å². The van der Waals surface area contributed by atoms with Gasteiger partial charge in [0.25, 0.3) is 0 Å². The van der Waals surface area contributed by atoms with Gasteiger partial charge in [-0.3, -0.25) is 4.98 Å². The molecule has 7 heteroatoms. The van der Waals surface area contributed by atoms with Gasteiger partial charge in [0.1, 0.15) is 0 Å². The number of H-pyrrole nitrogens is 1. The first kappa shape index (κ1) is 17.2. The van der Waals surface area contributed by atoms with Crippen molar-refractivity contribution in [3.05, 3.63) is 10.5 Å². The molecule has 1 aromatic heterocycles. The quantitative estimate of drug-likeness (QED) is 0.818. The van der Waals surface area contributed by atoms with E-state index in [1.807, 2.05) is 7.05 Å². The SMILES string of the molecule is CN1CCC(N(C)c2nc(NC3CCCCCC3)[nH]c(=O)n2)CC1. The number of likely N-dealkylation sites (tertiary alicyclic amines) is 1. The van der Waals surface area contributed by atoms with Crippen molar-refractivity contribution in [2.24, 2.45) is 0 Å². The van der Waals surface area contributed by atoms with Crippen molar-refractivity contribution in [1.82, 2.24) is 19.9 Å². The Morgan fingerprint density at radius 1 is 1.08 bits per heavy atom. The van der Waals surface area contributed by atoms with Crippen LogP contribution in [0.25, 0.3) is 0 Å². The lowest BCUT2D eigenvalue weighted by atomic mass is 10.0. The Morgan fingerprint density at radius 2 is 1.75 bits per heavy atom. The highest BCUT2D eigenvalue weighted by atomic mass is 16.1. The van der Waals surface area contributed by atoms with Gasteiger partial charge in [-0.2, -0.15) is 9.97 Å². The third kappa shape index (κ3) is 4.47. The van der Waals surface area contributed by atoms with Gasteiger partial charge < -0.3 is 15.1 Å². The predicted molar refractivity (Wildman–Crippen MR) is 96.7 cm³/mol. The van der Waals surface area contributed by atoms with Crippen LogP contribution < -0.4 is 15.9 Å². The van der Waals surface area contributed by atoms with Gasteiger partial charge in [-0.15, -0.1) is 0 Å². The zero-order chi connectivity index (χ0) is 16.9. The van der Waals surface area contributed by atoms with Gasteiger partial charge in [-0.05, 0) is 45.8 Å². The van der Waals surface area contributed by atoms with Gasteiger partial charge in [-0.25, -0.2) is 4.79 Å². The van der Waals surface area contributed by atoms with Crippen LogP contribution in [0, 0.1) is 0 Å². The van der Waals surface area contributed by atoms with Gasteiger partial charge in [0.2, 0.25) is 11.9 Å². The summed E-state index contributed by atoms with van der Waals surface area (Å²) in [7, 11) is 4.15. The number of hydrogen-bond donors (Lipinski definition) is 2. The molecule has 3 rings (SSSR count). The molecule has 24 heavy (non-hydrogen) atoms. The fraction of sp³-hybridized carbons (Fsp3) is 0.824. The van der Waals surface area contributed by atoms with Crippen molar-refractivity contribution >= 4 is 11.9 Å². The normalized spacial score (nSPS) is 21.4. The van der Waals surface area contributed by atoms with E-state index in [1.54, 1.807) is 0 Å². The molecule has 0 amide bonds. The summed E-state index contributed by atoms with van der Waals surface area (Å²) in [6, 6.07) is 0.799. The standard InChI is InChI=1S/C17H30N6O/c1-22-11-9-14(10-12-22)23(2)16-19-15(20-17(24)21-16)18-13-7-5-3-4-6-8-13/h13-14H,3-12H2,1-2H3,(H2,18,19,20,21,24). The first-order valence-electron chi connectivity index (χ1n) is 9.28. The van der Waals surface area contributed by atoms with Gasteiger partial charge in [0.15, 0.2) is 0 Å². The van der Waals surface area contributed by atoms with Crippen molar-refractivity contribution in [2.45, 2.75) is 63.5 Å². The summed E-state index contributed by atoms with van der Waals surface area (Å²) in [5, 5.41) is 3.43. The van der Waals surface area contributed by atoms with E-state index in [0.717, 1.165) is 38.8 Å². The van der Waals surface area contributed by atoms with E-state index < -0.39 is 0 Å².